The van der Waals surface area contributed by atoms with Gasteiger partial charge in [0, 0.05) is 37.4 Å². The predicted octanol–water partition coefficient (Wildman–Crippen LogP) is 1.60. The standard InChI is InChI=1S/C14H21F3N4O/c1-9(13(22)20-6-4-18-5-7-20)12-10(2)19-21(11(12)3)8-14(15,16)17/h9,18H,4-8H2,1-3H3. The van der Waals surface area contributed by atoms with Crippen LogP contribution in [0.25, 0.3) is 0 Å². The van der Waals surface area contributed by atoms with Crippen molar-refractivity contribution in [3.8, 4) is 0 Å². The van der Waals surface area contributed by atoms with Crippen LogP contribution in [0.2, 0.25) is 0 Å². The third kappa shape index (κ3) is 3.60. The molecule has 1 atom stereocenters. The zero-order valence-electron chi connectivity index (χ0n) is 13.0. The predicted molar refractivity (Wildman–Crippen MR) is 75.6 cm³/mol. The van der Waals surface area contributed by atoms with Crippen LogP contribution in [-0.2, 0) is 11.3 Å². The van der Waals surface area contributed by atoms with E-state index in [1.807, 2.05) is 0 Å². The molecular weight excluding hydrogens is 297 g/mol. The van der Waals surface area contributed by atoms with Crippen LogP contribution < -0.4 is 5.32 Å². The monoisotopic (exact) mass is 318 g/mol. The maximum Gasteiger partial charge on any atom is 0.408 e. The van der Waals surface area contributed by atoms with Gasteiger partial charge < -0.3 is 10.2 Å². The summed E-state index contributed by atoms with van der Waals surface area (Å²) >= 11 is 0. The molecule has 0 spiro atoms. The lowest BCUT2D eigenvalue weighted by Gasteiger charge is -2.30. The number of carbonyl (C=O) groups excluding carboxylic acids is 1. The van der Waals surface area contributed by atoms with Gasteiger partial charge in [-0.3, -0.25) is 9.48 Å². The lowest BCUT2D eigenvalue weighted by Crippen LogP contribution is -2.47. The van der Waals surface area contributed by atoms with Gasteiger partial charge >= 0.3 is 6.18 Å². The Balaban J connectivity index is 2.22. The smallest absolute Gasteiger partial charge is 0.340 e. The first-order valence-corrected chi connectivity index (χ1v) is 7.31. The third-order valence-electron chi connectivity index (χ3n) is 4.00. The Morgan fingerprint density at radius 3 is 2.45 bits per heavy atom. The Morgan fingerprint density at radius 1 is 1.32 bits per heavy atom. The first-order chi connectivity index (χ1) is 10.2. The summed E-state index contributed by atoms with van der Waals surface area (Å²) in [5.74, 6) is -0.542. The summed E-state index contributed by atoms with van der Waals surface area (Å²) in [6, 6.07) is 0. The second kappa shape index (κ2) is 6.28. The number of piperazine rings is 1. The van der Waals surface area contributed by atoms with E-state index in [-0.39, 0.29) is 5.91 Å². The second-order valence-corrected chi connectivity index (χ2v) is 5.65. The molecule has 1 saturated heterocycles. The van der Waals surface area contributed by atoms with Crippen molar-refractivity contribution in [3.05, 3.63) is 17.0 Å². The van der Waals surface area contributed by atoms with Crippen LogP contribution >= 0.6 is 0 Å². The minimum absolute atomic E-state index is 0.0562. The van der Waals surface area contributed by atoms with Crippen molar-refractivity contribution in [2.75, 3.05) is 26.2 Å². The number of hydrogen-bond donors (Lipinski definition) is 1. The molecule has 2 heterocycles. The number of rotatable bonds is 3. The zero-order valence-corrected chi connectivity index (χ0v) is 13.0. The van der Waals surface area contributed by atoms with Gasteiger partial charge in [-0.2, -0.15) is 18.3 Å². The quantitative estimate of drug-likeness (QED) is 0.921. The van der Waals surface area contributed by atoms with Crippen LogP contribution in [0.15, 0.2) is 0 Å². The molecular formula is C14H21F3N4O. The number of nitrogens with zero attached hydrogens (tertiary/aromatic N) is 3. The molecule has 5 nitrogen and oxygen atoms in total. The van der Waals surface area contributed by atoms with Crippen LogP contribution in [-0.4, -0.2) is 52.9 Å². The molecule has 1 aliphatic rings. The molecule has 22 heavy (non-hydrogen) atoms. The van der Waals surface area contributed by atoms with E-state index in [9.17, 15) is 18.0 Å². The highest BCUT2D eigenvalue weighted by atomic mass is 19.4. The van der Waals surface area contributed by atoms with Crippen molar-refractivity contribution in [2.24, 2.45) is 0 Å². The normalized spacial score (nSPS) is 17.6. The molecule has 1 aromatic heterocycles. The summed E-state index contributed by atoms with van der Waals surface area (Å²) in [5.41, 5.74) is 1.50. The van der Waals surface area contributed by atoms with Gasteiger partial charge in [0.05, 0.1) is 11.6 Å². The highest BCUT2D eigenvalue weighted by Crippen LogP contribution is 2.27. The fourth-order valence-corrected chi connectivity index (χ4v) is 2.94. The van der Waals surface area contributed by atoms with Gasteiger partial charge in [0.15, 0.2) is 0 Å². The molecule has 0 aromatic carbocycles. The number of amides is 1. The lowest BCUT2D eigenvalue weighted by molar-refractivity contribution is -0.143. The van der Waals surface area contributed by atoms with Gasteiger partial charge in [-0.15, -0.1) is 0 Å². The van der Waals surface area contributed by atoms with Crippen LogP contribution in [0.5, 0.6) is 0 Å². The molecule has 0 radical (unpaired) electrons. The largest absolute Gasteiger partial charge is 0.408 e. The van der Waals surface area contributed by atoms with Crippen molar-refractivity contribution in [2.45, 2.75) is 39.4 Å². The molecule has 0 saturated carbocycles. The molecule has 1 aliphatic heterocycles. The SMILES string of the molecule is Cc1nn(CC(F)(F)F)c(C)c1C(C)C(=O)N1CCNCC1. The summed E-state index contributed by atoms with van der Waals surface area (Å²) in [6.07, 6.45) is -4.33. The zero-order chi connectivity index (χ0) is 16.5. The van der Waals surface area contributed by atoms with Crippen molar-refractivity contribution < 1.29 is 18.0 Å². The first kappa shape index (κ1) is 16.8. The molecule has 1 unspecified atom stereocenters. The summed E-state index contributed by atoms with van der Waals surface area (Å²) in [4.78, 5) is 14.3. The maximum atomic E-state index is 12.6. The van der Waals surface area contributed by atoms with E-state index in [4.69, 9.17) is 0 Å². The first-order valence-electron chi connectivity index (χ1n) is 7.31. The Morgan fingerprint density at radius 2 is 1.91 bits per heavy atom. The molecule has 1 fully saturated rings. The molecule has 1 N–H and O–H groups in total. The Hall–Kier alpha value is -1.57. The van der Waals surface area contributed by atoms with Gasteiger partial charge in [0.1, 0.15) is 6.54 Å². The third-order valence-corrected chi connectivity index (χ3v) is 4.00. The second-order valence-electron chi connectivity index (χ2n) is 5.65. The molecule has 8 heteroatoms. The molecule has 1 aromatic rings. The van der Waals surface area contributed by atoms with Crippen LogP contribution in [0.1, 0.15) is 29.8 Å². The number of halogens is 3. The Kier molecular flexibility index (Phi) is 4.79. The molecule has 0 bridgehead atoms. The minimum Gasteiger partial charge on any atom is -0.340 e. The average molecular weight is 318 g/mol. The van der Waals surface area contributed by atoms with Crippen molar-refractivity contribution in [3.63, 3.8) is 0 Å². The van der Waals surface area contributed by atoms with E-state index in [0.29, 0.717) is 30.0 Å². The van der Waals surface area contributed by atoms with Crippen LogP contribution in [0.4, 0.5) is 13.2 Å². The Labute approximate surface area is 127 Å². The van der Waals surface area contributed by atoms with E-state index >= 15 is 0 Å². The topological polar surface area (TPSA) is 50.2 Å². The molecule has 2 rings (SSSR count). The Bertz CT molecular complexity index is 547. The van der Waals surface area contributed by atoms with E-state index in [2.05, 4.69) is 10.4 Å². The number of nitrogens with one attached hydrogen (secondary N) is 1. The van der Waals surface area contributed by atoms with Gasteiger partial charge in [-0.1, -0.05) is 0 Å². The van der Waals surface area contributed by atoms with Gasteiger partial charge in [0.2, 0.25) is 5.91 Å². The van der Waals surface area contributed by atoms with Gasteiger partial charge in [-0.05, 0) is 20.8 Å². The molecule has 0 aliphatic carbocycles. The summed E-state index contributed by atoms with van der Waals surface area (Å²) in [5, 5.41) is 7.12. The fourth-order valence-electron chi connectivity index (χ4n) is 2.94. The van der Waals surface area contributed by atoms with E-state index in [0.717, 1.165) is 17.8 Å². The summed E-state index contributed by atoms with van der Waals surface area (Å²) < 4.78 is 38.6. The summed E-state index contributed by atoms with van der Waals surface area (Å²) in [6.45, 7) is 6.57. The number of aryl methyl sites for hydroxylation is 1. The fraction of sp³-hybridized carbons (Fsp3) is 0.714. The average Bonchev–Trinajstić information content (AvgIpc) is 2.71. The number of carbonyl (C=O) groups is 1. The van der Waals surface area contributed by atoms with E-state index in [1.165, 1.54) is 0 Å². The number of aromatic nitrogens is 2. The number of alkyl halides is 3. The van der Waals surface area contributed by atoms with Crippen molar-refractivity contribution in [1.29, 1.82) is 0 Å². The maximum absolute atomic E-state index is 12.6. The molecule has 1 amide bonds. The molecule has 124 valence electrons. The van der Waals surface area contributed by atoms with Gasteiger partial charge in [-0.25, -0.2) is 0 Å². The lowest BCUT2D eigenvalue weighted by atomic mass is 9.97. The minimum atomic E-state index is -4.33. The van der Waals surface area contributed by atoms with E-state index < -0.39 is 18.6 Å². The van der Waals surface area contributed by atoms with E-state index in [1.54, 1.807) is 25.7 Å². The van der Waals surface area contributed by atoms with Gasteiger partial charge in [0.25, 0.3) is 0 Å². The summed E-state index contributed by atoms with van der Waals surface area (Å²) in [7, 11) is 0. The highest BCUT2D eigenvalue weighted by Gasteiger charge is 2.32. The number of hydrogen-bond acceptors (Lipinski definition) is 3. The highest BCUT2D eigenvalue weighted by molar-refractivity contribution is 5.84. The van der Waals surface area contributed by atoms with Crippen LogP contribution in [0.3, 0.4) is 0 Å². The van der Waals surface area contributed by atoms with Crippen LogP contribution in [0, 0.1) is 13.8 Å². The van der Waals surface area contributed by atoms with Crippen molar-refractivity contribution >= 4 is 5.91 Å². The van der Waals surface area contributed by atoms with Crippen molar-refractivity contribution in [1.82, 2.24) is 20.0 Å².